The number of rotatable bonds is 5. The summed E-state index contributed by atoms with van der Waals surface area (Å²) in [4.78, 5) is 28.1. The Balaban J connectivity index is 1.57. The largest absolute Gasteiger partial charge is 0.342 e. The quantitative estimate of drug-likeness (QED) is 0.783. The Bertz CT molecular complexity index is 651. The number of ketones is 1. The number of hydrogen-bond acceptors (Lipinski definition) is 3. The molecule has 0 aliphatic carbocycles. The Morgan fingerprint density at radius 3 is 2.70 bits per heavy atom. The molecule has 1 aliphatic rings. The predicted molar refractivity (Wildman–Crippen MR) is 92.7 cm³/mol. The number of carbonyl (C=O) groups excluding carboxylic acids is 2. The van der Waals surface area contributed by atoms with Gasteiger partial charge in [-0.2, -0.15) is 0 Å². The van der Waals surface area contributed by atoms with Gasteiger partial charge in [0.25, 0.3) is 0 Å². The number of carbonyl (C=O) groups is 2. The molecule has 1 saturated heterocycles. The summed E-state index contributed by atoms with van der Waals surface area (Å²) < 4.78 is 0. The molecule has 1 aromatic carbocycles. The highest BCUT2D eigenvalue weighted by Crippen LogP contribution is 2.22. The lowest BCUT2D eigenvalue weighted by atomic mass is 9.90. The summed E-state index contributed by atoms with van der Waals surface area (Å²) in [5.41, 5.74) is 0.755. The molecule has 4 heteroatoms. The molecule has 23 heavy (non-hydrogen) atoms. The fourth-order valence-corrected chi connectivity index (χ4v) is 3.81. The van der Waals surface area contributed by atoms with Crippen LogP contribution in [0.15, 0.2) is 47.8 Å². The number of piperidine rings is 1. The summed E-state index contributed by atoms with van der Waals surface area (Å²) in [7, 11) is 0. The van der Waals surface area contributed by atoms with Gasteiger partial charge in [0, 0.05) is 35.9 Å². The van der Waals surface area contributed by atoms with E-state index in [4.69, 9.17) is 0 Å². The van der Waals surface area contributed by atoms with Crippen molar-refractivity contribution in [3.63, 3.8) is 0 Å². The second kappa shape index (κ2) is 7.55. The van der Waals surface area contributed by atoms with Crippen molar-refractivity contribution in [3.8, 4) is 0 Å². The number of Topliss-reactive ketones (excluding diaryl/α,β-unsaturated/α-hetero) is 1. The summed E-state index contributed by atoms with van der Waals surface area (Å²) in [5.74, 6) is 0.280. The van der Waals surface area contributed by atoms with Gasteiger partial charge in [0.1, 0.15) is 0 Å². The molecule has 2 aromatic rings. The fraction of sp³-hybridized carbons (Fsp3) is 0.368. The standard InChI is InChI=1S/C19H21NO2S/c21-18(11-10-17-9-5-13-23-17)20-12-4-8-16(14-20)19(22)15-6-2-1-3-7-15/h1-3,5-7,9,13,16H,4,8,10-12,14H2. The Hall–Kier alpha value is -1.94. The van der Waals surface area contributed by atoms with E-state index in [1.54, 1.807) is 11.3 Å². The third-order valence-electron chi connectivity index (χ3n) is 4.37. The second-order valence-electron chi connectivity index (χ2n) is 5.99. The molecular weight excluding hydrogens is 306 g/mol. The zero-order chi connectivity index (χ0) is 16.1. The van der Waals surface area contributed by atoms with Crippen molar-refractivity contribution in [1.82, 2.24) is 4.90 Å². The Morgan fingerprint density at radius 1 is 1.13 bits per heavy atom. The van der Waals surface area contributed by atoms with Crippen LogP contribution in [0.1, 0.15) is 34.5 Å². The lowest BCUT2D eigenvalue weighted by Crippen LogP contribution is -2.42. The monoisotopic (exact) mass is 327 g/mol. The lowest BCUT2D eigenvalue weighted by Gasteiger charge is -2.32. The van der Waals surface area contributed by atoms with E-state index in [1.807, 2.05) is 46.7 Å². The lowest BCUT2D eigenvalue weighted by molar-refractivity contribution is -0.132. The molecule has 1 fully saturated rings. The van der Waals surface area contributed by atoms with Crippen molar-refractivity contribution in [2.45, 2.75) is 25.7 Å². The van der Waals surface area contributed by atoms with E-state index in [1.165, 1.54) is 4.88 Å². The maximum atomic E-state index is 12.6. The summed E-state index contributed by atoms with van der Waals surface area (Å²) in [6.45, 7) is 1.35. The summed E-state index contributed by atoms with van der Waals surface area (Å²) >= 11 is 1.69. The van der Waals surface area contributed by atoms with Crippen molar-refractivity contribution in [3.05, 3.63) is 58.3 Å². The normalized spacial score (nSPS) is 17.9. The first-order chi connectivity index (χ1) is 11.2. The van der Waals surface area contributed by atoms with Crippen LogP contribution in [0.4, 0.5) is 0 Å². The molecule has 1 amide bonds. The molecule has 0 saturated carbocycles. The zero-order valence-electron chi connectivity index (χ0n) is 13.1. The summed E-state index contributed by atoms with van der Waals surface area (Å²) in [6.07, 6.45) is 3.12. The second-order valence-corrected chi connectivity index (χ2v) is 7.02. The van der Waals surface area contributed by atoms with Crippen molar-refractivity contribution in [2.24, 2.45) is 5.92 Å². The van der Waals surface area contributed by atoms with Gasteiger partial charge in [-0.3, -0.25) is 9.59 Å². The molecule has 1 aromatic heterocycles. The van der Waals surface area contributed by atoms with E-state index in [9.17, 15) is 9.59 Å². The molecular formula is C19H21NO2S. The van der Waals surface area contributed by atoms with Crippen LogP contribution in [-0.4, -0.2) is 29.7 Å². The Kier molecular flexibility index (Phi) is 5.23. The van der Waals surface area contributed by atoms with Crippen LogP contribution >= 0.6 is 11.3 Å². The smallest absolute Gasteiger partial charge is 0.222 e. The topological polar surface area (TPSA) is 37.4 Å². The van der Waals surface area contributed by atoms with Gasteiger partial charge >= 0.3 is 0 Å². The van der Waals surface area contributed by atoms with Gasteiger partial charge in [0.05, 0.1) is 0 Å². The third-order valence-corrected chi connectivity index (χ3v) is 5.30. The predicted octanol–water partition coefficient (Wildman–Crippen LogP) is 3.80. The van der Waals surface area contributed by atoms with Crippen LogP contribution in [0.2, 0.25) is 0 Å². The van der Waals surface area contributed by atoms with Crippen LogP contribution in [0.5, 0.6) is 0 Å². The summed E-state index contributed by atoms with van der Waals surface area (Å²) in [5, 5.41) is 2.04. The third kappa shape index (κ3) is 4.08. The molecule has 0 radical (unpaired) electrons. The van der Waals surface area contributed by atoms with Crippen molar-refractivity contribution in [1.29, 1.82) is 0 Å². The highest BCUT2D eigenvalue weighted by Gasteiger charge is 2.28. The molecule has 0 N–H and O–H groups in total. The number of likely N-dealkylation sites (tertiary alicyclic amines) is 1. The van der Waals surface area contributed by atoms with Crippen molar-refractivity contribution in [2.75, 3.05) is 13.1 Å². The molecule has 3 rings (SSSR count). The SMILES string of the molecule is O=C(c1ccccc1)C1CCCN(C(=O)CCc2cccs2)C1. The van der Waals surface area contributed by atoms with Gasteiger partial charge in [-0.05, 0) is 30.7 Å². The highest BCUT2D eigenvalue weighted by atomic mass is 32.1. The highest BCUT2D eigenvalue weighted by molar-refractivity contribution is 7.09. The van der Waals surface area contributed by atoms with Gasteiger partial charge in [0.15, 0.2) is 5.78 Å². The maximum Gasteiger partial charge on any atom is 0.222 e. The Labute approximate surface area is 140 Å². The van der Waals surface area contributed by atoms with Gasteiger partial charge in [-0.25, -0.2) is 0 Å². The minimum atomic E-state index is -0.0585. The van der Waals surface area contributed by atoms with E-state index < -0.39 is 0 Å². The number of thiophene rings is 1. The zero-order valence-corrected chi connectivity index (χ0v) is 13.9. The van der Waals surface area contributed by atoms with Crippen molar-refractivity contribution < 1.29 is 9.59 Å². The number of amides is 1. The first-order valence-electron chi connectivity index (χ1n) is 8.13. The van der Waals surface area contributed by atoms with Crippen LogP contribution in [0, 0.1) is 5.92 Å². The van der Waals surface area contributed by atoms with Crippen LogP contribution < -0.4 is 0 Å². The minimum Gasteiger partial charge on any atom is -0.342 e. The van der Waals surface area contributed by atoms with E-state index in [2.05, 4.69) is 6.07 Å². The molecule has 1 aliphatic heterocycles. The Morgan fingerprint density at radius 2 is 1.96 bits per heavy atom. The van der Waals surface area contributed by atoms with Gasteiger partial charge in [-0.1, -0.05) is 36.4 Å². The minimum absolute atomic E-state index is 0.0585. The molecule has 1 atom stereocenters. The molecule has 0 spiro atoms. The average Bonchev–Trinajstić information content (AvgIpc) is 3.13. The molecule has 3 nitrogen and oxygen atoms in total. The maximum absolute atomic E-state index is 12.6. The first-order valence-corrected chi connectivity index (χ1v) is 9.01. The first kappa shape index (κ1) is 15.9. The molecule has 1 unspecified atom stereocenters. The average molecular weight is 327 g/mol. The molecule has 0 bridgehead atoms. The van der Waals surface area contributed by atoms with Gasteiger partial charge in [-0.15, -0.1) is 11.3 Å². The fourth-order valence-electron chi connectivity index (χ4n) is 3.10. The van der Waals surface area contributed by atoms with E-state index in [0.29, 0.717) is 13.0 Å². The van der Waals surface area contributed by atoms with Crippen LogP contribution in [0.25, 0.3) is 0 Å². The number of aryl methyl sites for hydroxylation is 1. The van der Waals surface area contributed by atoms with E-state index in [0.717, 1.165) is 31.4 Å². The van der Waals surface area contributed by atoms with E-state index in [-0.39, 0.29) is 17.6 Å². The number of hydrogen-bond donors (Lipinski definition) is 0. The number of benzene rings is 1. The summed E-state index contributed by atoms with van der Waals surface area (Å²) in [6, 6.07) is 13.5. The molecule has 120 valence electrons. The van der Waals surface area contributed by atoms with E-state index >= 15 is 0 Å². The number of nitrogens with zero attached hydrogens (tertiary/aromatic N) is 1. The van der Waals surface area contributed by atoms with Crippen LogP contribution in [0.3, 0.4) is 0 Å². The van der Waals surface area contributed by atoms with Gasteiger partial charge < -0.3 is 4.90 Å². The van der Waals surface area contributed by atoms with Crippen LogP contribution in [-0.2, 0) is 11.2 Å². The van der Waals surface area contributed by atoms with Crippen molar-refractivity contribution >= 4 is 23.0 Å². The van der Waals surface area contributed by atoms with Gasteiger partial charge in [0.2, 0.25) is 5.91 Å². The molecule has 2 heterocycles.